The van der Waals surface area contributed by atoms with Crippen molar-refractivity contribution in [1.29, 1.82) is 0 Å². The molecule has 1 aliphatic rings. The molecule has 0 saturated carbocycles. The number of furan rings is 1. The average molecular weight is 348 g/mol. The summed E-state index contributed by atoms with van der Waals surface area (Å²) in [5.41, 5.74) is 1.25. The van der Waals surface area contributed by atoms with E-state index in [1.807, 2.05) is 35.2 Å². The van der Waals surface area contributed by atoms with Gasteiger partial charge in [-0.15, -0.1) is 0 Å². The van der Waals surface area contributed by atoms with Gasteiger partial charge in [0.05, 0.1) is 12.8 Å². The number of nitrogens with one attached hydrogen (secondary N) is 1. The van der Waals surface area contributed by atoms with Crippen LogP contribution in [0.5, 0.6) is 0 Å². The van der Waals surface area contributed by atoms with Gasteiger partial charge in [-0.2, -0.15) is 0 Å². The molecular weight excluding hydrogens is 326 g/mol. The van der Waals surface area contributed by atoms with Crippen LogP contribution in [0.3, 0.4) is 0 Å². The molecule has 1 aromatic carbocycles. The zero-order chi connectivity index (χ0) is 16.8. The van der Waals surface area contributed by atoms with Gasteiger partial charge in [-0.25, -0.2) is 4.79 Å². The normalized spacial score (nSPS) is 15.5. The van der Waals surface area contributed by atoms with Gasteiger partial charge in [0.25, 0.3) is 0 Å². The van der Waals surface area contributed by atoms with E-state index >= 15 is 0 Å². The maximum Gasteiger partial charge on any atom is 0.317 e. The molecule has 2 heterocycles. The molecule has 1 fully saturated rings. The van der Waals surface area contributed by atoms with Gasteiger partial charge in [-0.3, -0.25) is 4.90 Å². The first-order chi connectivity index (χ1) is 11.7. The average Bonchev–Trinajstić information content (AvgIpc) is 3.12. The van der Waals surface area contributed by atoms with E-state index in [0.29, 0.717) is 6.54 Å². The lowest BCUT2D eigenvalue weighted by molar-refractivity contribution is 0.139. The van der Waals surface area contributed by atoms with Crippen molar-refractivity contribution in [3.63, 3.8) is 0 Å². The molecule has 2 aromatic rings. The number of amides is 2. The second-order valence-corrected chi connectivity index (χ2v) is 6.38. The van der Waals surface area contributed by atoms with Gasteiger partial charge in [0.2, 0.25) is 0 Å². The van der Waals surface area contributed by atoms with Crippen LogP contribution < -0.4 is 5.32 Å². The molecule has 2 amide bonds. The van der Waals surface area contributed by atoms with E-state index in [4.69, 9.17) is 16.0 Å². The molecule has 1 aromatic heterocycles. The molecule has 0 atom stereocenters. The first-order valence-corrected chi connectivity index (χ1v) is 8.60. The van der Waals surface area contributed by atoms with Crippen LogP contribution in [-0.2, 0) is 13.0 Å². The van der Waals surface area contributed by atoms with Gasteiger partial charge in [0.1, 0.15) is 5.76 Å². The van der Waals surface area contributed by atoms with Crippen molar-refractivity contribution in [3.8, 4) is 0 Å². The molecule has 128 valence electrons. The van der Waals surface area contributed by atoms with Crippen molar-refractivity contribution < 1.29 is 9.21 Å². The minimum absolute atomic E-state index is 0.0270. The summed E-state index contributed by atoms with van der Waals surface area (Å²) in [6.07, 6.45) is 2.59. The third-order valence-corrected chi connectivity index (χ3v) is 4.49. The number of hydrogen-bond donors (Lipinski definition) is 1. The molecule has 0 spiro atoms. The van der Waals surface area contributed by atoms with Gasteiger partial charge in [0.15, 0.2) is 0 Å². The Balaban J connectivity index is 1.38. The number of rotatable bonds is 5. The molecule has 1 N–H and O–H groups in total. The molecule has 0 unspecified atom stereocenters. The quantitative estimate of drug-likeness (QED) is 0.904. The Morgan fingerprint density at radius 3 is 2.71 bits per heavy atom. The van der Waals surface area contributed by atoms with E-state index in [-0.39, 0.29) is 6.03 Å². The lowest BCUT2D eigenvalue weighted by Crippen LogP contribution is -2.51. The maximum absolute atomic E-state index is 12.2. The molecule has 5 nitrogen and oxygen atoms in total. The molecule has 24 heavy (non-hydrogen) atoms. The third-order valence-electron chi connectivity index (χ3n) is 4.26. The predicted molar refractivity (Wildman–Crippen MR) is 94.1 cm³/mol. The molecule has 1 aliphatic heterocycles. The molecule has 0 radical (unpaired) electrons. The van der Waals surface area contributed by atoms with E-state index in [9.17, 15) is 4.79 Å². The van der Waals surface area contributed by atoms with E-state index in [2.05, 4.69) is 16.3 Å². The molecule has 6 heteroatoms. The van der Waals surface area contributed by atoms with Crippen molar-refractivity contribution in [2.45, 2.75) is 13.0 Å². The van der Waals surface area contributed by atoms with Gasteiger partial charge in [-0.05, 0) is 36.2 Å². The first kappa shape index (κ1) is 16.9. The van der Waals surface area contributed by atoms with Crippen molar-refractivity contribution >= 4 is 17.6 Å². The summed E-state index contributed by atoms with van der Waals surface area (Å²) in [4.78, 5) is 16.4. The maximum atomic E-state index is 12.2. The minimum atomic E-state index is -0.0270. The standard InChI is InChI=1S/C18H22ClN3O2/c19-16-4-1-3-15(13-16)6-7-21-8-10-22(11-9-21)18(23)20-14-17-5-2-12-24-17/h1-5,12-13H,6-11,14H2,(H,20,23). The van der Waals surface area contributed by atoms with Gasteiger partial charge in [0, 0.05) is 37.7 Å². The summed E-state index contributed by atoms with van der Waals surface area (Å²) >= 11 is 6.02. The zero-order valence-electron chi connectivity index (χ0n) is 13.6. The summed E-state index contributed by atoms with van der Waals surface area (Å²) in [6, 6.07) is 11.6. The Hall–Kier alpha value is -1.98. The zero-order valence-corrected chi connectivity index (χ0v) is 14.3. The lowest BCUT2D eigenvalue weighted by atomic mass is 10.1. The van der Waals surface area contributed by atoms with Crippen LogP contribution in [0.4, 0.5) is 4.79 Å². The number of halogens is 1. The summed E-state index contributed by atoms with van der Waals surface area (Å²) in [7, 11) is 0. The van der Waals surface area contributed by atoms with Crippen LogP contribution in [0.1, 0.15) is 11.3 Å². The third kappa shape index (κ3) is 4.76. The van der Waals surface area contributed by atoms with Crippen molar-refractivity contribution in [2.24, 2.45) is 0 Å². The Labute approximate surface area is 147 Å². The highest BCUT2D eigenvalue weighted by Gasteiger charge is 2.20. The monoisotopic (exact) mass is 347 g/mol. The fourth-order valence-corrected chi connectivity index (χ4v) is 3.05. The number of nitrogens with zero attached hydrogens (tertiary/aromatic N) is 2. The van der Waals surface area contributed by atoms with Gasteiger partial charge >= 0.3 is 6.03 Å². The molecular formula is C18H22ClN3O2. The number of urea groups is 1. The highest BCUT2D eigenvalue weighted by Crippen LogP contribution is 2.12. The number of carbonyl (C=O) groups is 1. The van der Waals surface area contributed by atoms with E-state index in [0.717, 1.165) is 49.9 Å². The first-order valence-electron chi connectivity index (χ1n) is 8.23. The van der Waals surface area contributed by atoms with Crippen molar-refractivity contribution in [1.82, 2.24) is 15.1 Å². The SMILES string of the molecule is O=C(NCc1ccco1)N1CCN(CCc2cccc(Cl)c2)CC1. The Kier molecular flexibility index (Phi) is 5.77. The molecule has 1 saturated heterocycles. The van der Waals surface area contributed by atoms with Crippen LogP contribution in [0.25, 0.3) is 0 Å². The topological polar surface area (TPSA) is 48.7 Å². The van der Waals surface area contributed by atoms with Crippen LogP contribution in [0, 0.1) is 0 Å². The van der Waals surface area contributed by atoms with E-state index < -0.39 is 0 Å². The molecule has 3 rings (SSSR count). The van der Waals surface area contributed by atoms with Crippen LogP contribution >= 0.6 is 11.6 Å². The highest BCUT2D eigenvalue weighted by atomic mass is 35.5. The smallest absolute Gasteiger partial charge is 0.317 e. The van der Waals surface area contributed by atoms with E-state index in [1.54, 1.807) is 6.26 Å². The van der Waals surface area contributed by atoms with Crippen molar-refractivity contribution in [2.75, 3.05) is 32.7 Å². The number of piperazine rings is 1. The van der Waals surface area contributed by atoms with Gasteiger partial charge < -0.3 is 14.6 Å². The predicted octanol–water partition coefficient (Wildman–Crippen LogP) is 3.00. The number of carbonyl (C=O) groups excluding carboxylic acids is 1. The van der Waals surface area contributed by atoms with Crippen LogP contribution in [0.15, 0.2) is 47.1 Å². The number of benzene rings is 1. The summed E-state index contributed by atoms with van der Waals surface area (Å²) in [6.45, 7) is 4.71. The van der Waals surface area contributed by atoms with Crippen molar-refractivity contribution in [3.05, 3.63) is 59.0 Å². The Morgan fingerprint density at radius 1 is 1.17 bits per heavy atom. The summed E-state index contributed by atoms with van der Waals surface area (Å²) in [5.74, 6) is 0.767. The molecule has 0 bridgehead atoms. The lowest BCUT2D eigenvalue weighted by Gasteiger charge is -2.34. The summed E-state index contributed by atoms with van der Waals surface area (Å²) in [5, 5.41) is 3.68. The number of hydrogen-bond acceptors (Lipinski definition) is 3. The fraction of sp³-hybridized carbons (Fsp3) is 0.389. The van der Waals surface area contributed by atoms with Crippen LogP contribution in [-0.4, -0.2) is 48.6 Å². The Morgan fingerprint density at radius 2 is 2.00 bits per heavy atom. The van der Waals surface area contributed by atoms with E-state index in [1.165, 1.54) is 5.56 Å². The second-order valence-electron chi connectivity index (χ2n) is 5.95. The highest BCUT2D eigenvalue weighted by molar-refractivity contribution is 6.30. The molecule has 0 aliphatic carbocycles. The largest absolute Gasteiger partial charge is 0.467 e. The van der Waals surface area contributed by atoms with Gasteiger partial charge in [-0.1, -0.05) is 23.7 Å². The Bertz CT molecular complexity index is 652. The second kappa shape index (κ2) is 8.22. The minimum Gasteiger partial charge on any atom is -0.467 e. The fourth-order valence-electron chi connectivity index (χ4n) is 2.84. The summed E-state index contributed by atoms with van der Waals surface area (Å²) < 4.78 is 5.22. The van der Waals surface area contributed by atoms with Crippen LogP contribution in [0.2, 0.25) is 5.02 Å².